The standard InChI is InChI=1S/C23H19N3O2/c1-14-3-8-22-18(11-14)21(27)12-23(28-22)16-4-6-17(7-5-16)26-15(2)25-19-13-24-10-9-20(19)26/h3-11,13,23H,12H2,1-2H3. The van der Waals surface area contributed by atoms with Gasteiger partial charge < -0.3 is 4.74 Å². The summed E-state index contributed by atoms with van der Waals surface area (Å²) in [4.78, 5) is 21.3. The molecule has 0 spiro atoms. The predicted molar refractivity (Wildman–Crippen MR) is 107 cm³/mol. The highest BCUT2D eigenvalue weighted by Gasteiger charge is 2.27. The fourth-order valence-electron chi connectivity index (χ4n) is 3.84. The number of ketones is 1. The average molecular weight is 369 g/mol. The lowest BCUT2D eigenvalue weighted by molar-refractivity contribution is 0.0850. The summed E-state index contributed by atoms with van der Waals surface area (Å²) >= 11 is 0. The molecule has 0 N–H and O–H groups in total. The number of hydrogen-bond donors (Lipinski definition) is 0. The molecule has 2 aromatic heterocycles. The number of rotatable bonds is 2. The third-order valence-corrected chi connectivity index (χ3v) is 5.22. The van der Waals surface area contributed by atoms with Crippen LogP contribution in [-0.2, 0) is 0 Å². The van der Waals surface area contributed by atoms with Crippen LogP contribution in [0.1, 0.15) is 39.8 Å². The van der Waals surface area contributed by atoms with Crippen LogP contribution in [-0.4, -0.2) is 20.3 Å². The quantitative estimate of drug-likeness (QED) is 0.512. The Morgan fingerprint density at radius 1 is 1.07 bits per heavy atom. The van der Waals surface area contributed by atoms with Gasteiger partial charge in [-0.05, 0) is 49.7 Å². The Morgan fingerprint density at radius 3 is 2.71 bits per heavy atom. The molecule has 28 heavy (non-hydrogen) atoms. The van der Waals surface area contributed by atoms with Crippen LogP contribution >= 0.6 is 0 Å². The largest absolute Gasteiger partial charge is 0.484 e. The minimum Gasteiger partial charge on any atom is -0.484 e. The lowest BCUT2D eigenvalue weighted by atomic mass is 9.95. The maximum atomic E-state index is 12.6. The number of imidazole rings is 1. The van der Waals surface area contributed by atoms with Crippen molar-refractivity contribution >= 4 is 16.8 Å². The SMILES string of the molecule is Cc1ccc2c(c1)C(=O)CC(c1ccc(-n3c(C)nc4cnccc43)cc1)O2. The van der Waals surface area contributed by atoms with Gasteiger partial charge in [0.15, 0.2) is 5.78 Å². The molecule has 0 radical (unpaired) electrons. The molecule has 1 aliphatic rings. The smallest absolute Gasteiger partial charge is 0.170 e. The number of carbonyl (C=O) groups is 1. The Kier molecular flexibility index (Phi) is 3.76. The van der Waals surface area contributed by atoms with Gasteiger partial charge in [-0.2, -0.15) is 0 Å². The number of ether oxygens (including phenoxy) is 1. The van der Waals surface area contributed by atoms with E-state index in [0.717, 1.165) is 33.7 Å². The molecule has 4 aromatic rings. The van der Waals surface area contributed by atoms with Crippen LogP contribution in [0.15, 0.2) is 60.9 Å². The molecule has 0 saturated carbocycles. The Bertz CT molecular complexity index is 1210. The van der Waals surface area contributed by atoms with Gasteiger partial charge in [-0.25, -0.2) is 4.98 Å². The van der Waals surface area contributed by atoms with Crippen LogP contribution in [0.2, 0.25) is 0 Å². The third-order valence-electron chi connectivity index (χ3n) is 5.22. The van der Waals surface area contributed by atoms with Crippen molar-refractivity contribution < 1.29 is 9.53 Å². The molecular weight excluding hydrogens is 350 g/mol. The zero-order valence-electron chi connectivity index (χ0n) is 15.7. The maximum Gasteiger partial charge on any atom is 0.170 e. The predicted octanol–water partition coefficient (Wildman–Crippen LogP) is 4.74. The summed E-state index contributed by atoms with van der Waals surface area (Å²) in [6.45, 7) is 3.96. The maximum absolute atomic E-state index is 12.6. The van der Waals surface area contributed by atoms with Crippen LogP contribution in [0.3, 0.4) is 0 Å². The third kappa shape index (κ3) is 2.67. The molecule has 2 aromatic carbocycles. The van der Waals surface area contributed by atoms with E-state index < -0.39 is 0 Å². The number of nitrogens with zero attached hydrogens (tertiary/aromatic N) is 3. The van der Waals surface area contributed by atoms with E-state index in [1.54, 1.807) is 12.4 Å². The lowest BCUT2D eigenvalue weighted by Crippen LogP contribution is -2.20. The van der Waals surface area contributed by atoms with Gasteiger partial charge >= 0.3 is 0 Å². The van der Waals surface area contributed by atoms with E-state index in [1.165, 1.54) is 0 Å². The molecule has 0 fully saturated rings. The first kappa shape index (κ1) is 16.7. The molecule has 0 amide bonds. The van der Waals surface area contributed by atoms with E-state index in [9.17, 15) is 4.79 Å². The average Bonchev–Trinajstić information content (AvgIpc) is 3.04. The summed E-state index contributed by atoms with van der Waals surface area (Å²) in [5, 5.41) is 0. The number of fused-ring (bicyclic) bond motifs is 2. The summed E-state index contributed by atoms with van der Waals surface area (Å²) in [7, 11) is 0. The van der Waals surface area contributed by atoms with Gasteiger partial charge in [-0.15, -0.1) is 0 Å². The van der Waals surface area contributed by atoms with Crippen LogP contribution in [0.4, 0.5) is 0 Å². The van der Waals surface area contributed by atoms with Gasteiger partial charge in [0, 0.05) is 11.9 Å². The molecule has 0 bridgehead atoms. The lowest BCUT2D eigenvalue weighted by Gasteiger charge is -2.26. The summed E-state index contributed by atoms with van der Waals surface area (Å²) in [6, 6.07) is 15.9. The molecule has 138 valence electrons. The van der Waals surface area contributed by atoms with Crippen molar-refractivity contribution in [1.29, 1.82) is 0 Å². The van der Waals surface area contributed by atoms with Crippen molar-refractivity contribution in [3.05, 3.63) is 83.4 Å². The molecule has 3 heterocycles. The Morgan fingerprint density at radius 2 is 1.89 bits per heavy atom. The van der Waals surface area contributed by atoms with Crippen molar-refractivity contribution in [2.24, 2.45) is 0 Å². The fraction of sp³-hybridized carbons (Fsp3) is 0.174. The van der Waals surface area contributed by atoms with Gasteiger partial charge in [0.05, 0.1) is 23.7 Å². The zero-order chi connectivity index (χ0) is 19.3. The second-order valence-electron chi connectivity index (χ2n) is 7.18. The van der Waals surface area contributed by atoms with Crippen molar-refractivity contribution in [1.82, 2.24) is 14.5 Å². The summed E-state index contributed by atoms with van der Waals surface area (Å²) in [5.74, 6) is 1.70. The van der Waals surface area contributed by atoms with Crippen LogP contribution in [0, 0.1) is 13.8 Å². The van der Waals surface area contributed by atoms with Gasteiger partial charge in [0.2, 0.25) is 0 Å². The minimum atomic E-state index is -0.262. The van der Waals surface area contributed by atoms with Crippen molar-refractivity contribution in [3.8, 4) is 11.4 Å². The molecule has 1 atom stereocenters. The normalized spacial score (nSPS) is 16.1. The van der Waals surface area contributed by atoms with Crippen molar-refractivity contribution in [3.63, 3.8) is 0 Å². The Balaban J connectivity index is 1.48. The van der Waals surface area contributed by atoms with Gasteiger partial charge in [0.1, 0.15) is 23.2 Å². The van der Waals surface area contributed by atoms with E-state index in [0.29, 0.717) is 17.7 Å². The first-order valence-electron chi connectivity index (χ1n) is 9.30. The molecule has 5 nitrogen and oxygen atoms in total. The number of aryl methyl sites for hydroxylation is 2. The van der Waals surface area contributed by atoms with Crippen molar-refractivity contribution in [2.75, 3.05) is 0 Å². The van der Waals surface area contributed by atoms with E-state index in [4.69, 9.17) is 4.74 Å². The van der Waals surface area contributed by atoms with Crippen molar-refractivity contribution in [2.45, 2.75) is 26.4 Å². The molecule has 5 heteroatoms. The van der Waals surface area contributed by atoms with Crippen LogP contribution in [0.25, 0.3) is 16.7 Å². The number of benzene rings is 2. The summed E-state index contributed by atoms with van der Waals surface area (Å²) in [5.41, 5.74) is 5.66. The second-order valence-corrected chi connectivity index (χ2v) is 7.18. The molecule has 0 aliphatic carbocycles. The highest BCUT2D eigenvalue weighted by atomic mass is 16.5. The summed E-state index contributed by atoms with van der Waals surface area (Å²) in [6.07, 6.45) is 3.64. The number of hydrogen-bond acceptors (Lipinski definition) is 4. The highest BCUT2D eigenvalue weighted by Crippen LogP contribution is 2.35. The Labute approximate surface area is 162 Å². The first-order chi connectivity index (χ1) is 13.6. The minimum absolute atomic E-state index is 0.128. The molecule has 1 unspecified atom stereocenters. The number of carbonyl (C=O) groups excluding carboxylic acids is 1. The Hall–Kier alpha value is -3.47. The van der Waals surface area contributed by atoms with Crippen LogP contribution in [0.5, 0.6) is 5.75 Å². The second kappa shape index (κ2) is 6.30. The van der Waals surface area contributed by atoms with Gasteiger partial charge in [-0.1, -0.05) is 23.8 Å². The molecule has 1 aliphatic heterocycles. The molecule has 5 rings (SSSR count). The fourth-order valence-corrected chi connectivity index (χ4v) is 3.84. The highest BCUT2D eigenvalue weighted by molar-refractivity contribution is 6.00. The number of Topliss-reactive ketones (excluding diaryl/α,β-unsaturated/α-hetero) is 1. The van der Waals surface area contributed by atoms with Gasteiger partial charge in [0.25, 0.3) is 0 Å². The molecular formula is C23H19N3O2. The summed E-state index contributed by atoms with van der Waals surface area (Å²) < 4.78 is 8.22. The van der Waals surface area contributed by atoms with E-state index in [-0.39, 0.29) is 11.9 Å². The molecule has 0 saturated heterocycles. The zero-order valence-corrected chi connectivity index (χ0v) is 15.7. The number of pyridine rings is 1. The topological polar surface area (TPSA) is 57.0 Å². The van der Waals surface area contributed by atoms with Crippen LogP contribution < -0.4 is 4.74 Å². The monoisotopic (exact) mass is 369 g/mol. The number of aromatic nitrogens is 3. The van der Waals surface area contributed by atoms with Gasteiger partial charge in [-0.3, -0.25) is 14.3 Å². The van der Waals surface area contributed by atoms with E-state index >= 15 is 0 Å². The first-order valence-corrected chi connectivity index (χ1v) is 9.30. The van der Waals surface area contributed by atoms with E-state index in [1.807, 2.05) is 62.4 Å². The van der Waals surface area contributed by atoms with E-state index in [2.05, 4.69) is 14.5 Å².